The van der Waals surface area contributed by atoms with Crippen molar-refractivity contribution in [1.82, 2.24) is 9.62 Å². The largest absolute Gasteiger partial charge is 0.332 e. The molecule has 6 nitrogen and oxygen atoms in total. The Morgan fingerprint density at radius 2 is 2.12 bits per heavy atom. The summed E-state index contributed by atoms with van der Waals surface area (Å²) in [5.74, 6) is 0.941. The van der Waals surface area contributed by atoms with Crippen LogP contribution in [0.2, 0.25) is 0 Å². The number of nitrogens with one attached hydrogen (secondary N) is 1. The first-order chi connectivity index (χ1) is 7.78. The van der Waals surface area contributed by atoms with E-state index < -0.39 is 10.2 Å². The van der Waals surface area contributed by atoms with Gasteiger partial charge in [-0.2, -0.15) is 13.1 Å². The number of aliphatic imine (C=N–C) groups is 1. The molecule has 1 saturated heterocycles. The number of fused-ring (bicyclic) bond motifs is 1. The summed E-state index contributed by atoms with van der Waals surface area (Å²) in [4.78, 5) is 6.58. The topological polar surface area (TPSA) is 87.8 Å². The minimum atomic E-state index is -3.64. The normalized spacial score (nSPS) is 29.4. The molecule has 17 heavy (non-hydrogen) atoms. The maximum atomic E-state index is 11.0. The Morgan fingerprint density at radius 1 is 1.47 bits per heavy atom. The second kappa shape index (κ2) is 4.08. The van der Waals surface area contributed by atoms with Gasteiger partial charge in [0.2, 0.25) is 0 Å². The van der Waals surface area contributed by atoms with E-state index in [1.807, 2.05) is 20.8 Å². The molecular formula is C10H18N4O2S. The molecule has 1 fully saturated rings. The Hall–Kier alpha value is -0.920. The predicted octanol–water partition coefficient (Wildman–Crippen LogP) is -0.0517. The molecule has 0 saturated carbocycles. The third-order valence-corrected chi connectivity index (χ3v) is 4.01. The zero-order valence-corrected chi connectivity index (χ0v) is 11.1. The second-order valence-electron chi connectivity index (χ2n) is 4.66. The molecule has 2 atom stereocenters. The van der Waals surface area contributed by atoms with Gasteiger partial charge >= 0.3 is 0 Å². The van der Waals surface area contributed by atoms with Crippen molar-refractivity contribution in [3.8, 4) is 0 Å². The molecule has 0 aliphatic carbocycles. The summed E-state index contributed by atoms with van der Waals surface area (Å²) < 4.78 is 24.5. The Balaban J connectivity index is 2.22. The van der Waals surface area contributed by atoms with E-state index in [0.29, 0.717) is 13.0 Å². The third kappa shape index (κ3) is 2.51. The highest BCUT2D eigenvalue weighted by atomic mass is 32.2. The van der Waals surface area contributed by atoms with Gasteiger partial charge in [-0.1, -0.05) is 0 Å². The van der Waals surface area contributed by atoms with Gasteiger partial charge in [-0.25, -0.2) is 5.14 Å². The number of hydrogen-bond acceptors (Lipinski definition) is 4. The number of rotatable bonds is 2. The van der Waals surface area contributed by atoms with Crippen LogP contribution < -0.4 is 9.86 Å². The average Bonchev–Trinajstić information content (AvgIpc) is 2.56. The van der Waals surface area contributed by atoms with Gasteiger partial charge < -0.3 is 4.90 Å². The molecule has 3 N–H and O–H groups in total. The maximum Gasteiger partial charge on any atom is 0.274 e. The van der Waals surface area contributed by atoms with Gasteiger partial charge in [-0.3, -0.25) is 4.99 Å². The minimum absolute atomic E-state index is 0.162. The number of nitrogens with two attached hydrogens (primary N) is 1. The molecule has 0 bridgehead atoms. The molecule has 0 amide bonds. The van der Waals surface area contributed by atoms with E-state index >= 15 is 0 Å². The molecule has 2 rings (SSSR count). The summed E-state index contributed by atoms with van der Waals surface area (Å²) >= 11 is 0. The zero-order chi connectivity index (χ0) is 12.8. The van der Waals surface area contributed by atoms with E-state index in [0.717, 1.165) is 5.84 Å². The molecule has 2 unspecified atom stereocenters. The van der Waals surface area contributed by atoms with Crippen molar-refractivity contribution in [2.24, 2.45) is 10.1 Å². The summed E-state index contributed by atoms with van der Waals surface area (Å²) in [5.41, 5.74) is 2.38. The predicted molar refractivity (Wildman–Crippen MR) is 66.6 cm³/mol. The van der Waals surface area contributed by atoms with E-state index in [2.05, 4.69) is 14.6 Å². The molecule has 0 radical (unpaired) electrons. The molecular weight excluding hydrogens is 240 g/mol. The summed E-state index contributed by atoms with van der Waals surface area (Å²) in [6.07, 6.45) is 0.680. The zero-order valence-electron chi connectivity index (χ0n) is 10.3. The Bertz CT molecular complexity index is 494. The van der Waals surface area contributed by atoms with Crippen LogP contribution in [0.1, 0.15) is 27.2 Å². The van der Waals surface area contributed by atoms with Gasteiger partial charge in [0, 0.05) is 24.7 Å². The van der Waals surface area contributed by atoms with Crippen LogP contribution in [0.15, 0.2) is 16.3 Å². The van der Waals surface area contributed by atoms with E-state index in [1.165, 1.54) is 11.3 Å². The standard InChI is InChI=1S/C10H18N4O2S/c1-6-7(2)12-8(3)14-5-9(4-10(6)14)13-17(11,15)16/h7,9,13H,4-5H2,1-3H3,(H2,11,15,16). The van der Waals surface area contributed by atoms with E-state index in [1.54, 1.807) is 0 Å². The minimum Gasteiger partial charge on any atom is -0.332 e. The monoisotopic (exact) mass is 258 g/mol. The first-order valence-electron chi connectivity index (χ1n) is 5.59. The smallest absolute Gasteiger partial charge is 0.274 e. The molecule has 0 aromatic carbocycles. The van der Waals surface area contributed by atoms with Crippen molar-refractivity contribution >= 4 is 16.0 Å². The van der Waals surface area contributed by atoms with Crippen molar-refractivity contribution in [3.63, 3.8) is 0 Å². The van der Waals surface area contributed by atoms with Crippen molar-refractivity contribution in [2.45, 2.75) is 39.3 Å². The molecule has 0 aromatic rings. The summed E-state index contributed by atoms with van der Waals surface area (Å²) in [5, 5.41) is 5.00. The first-order valence-corrected chi connectivity index (χ1v) is 7.14. The fourth-order valence-corrected chi connectivity index (χ4v) is 3.06. The Morgan fingerprint density at radius 3 is 2.71 bits per heavy atom. The van der Waals surface area contributed by atoms with Gasteiger partial charge in [-0.15, -0.1) is 0 Å². The molecule has 96 valence electrons. The lowest BCUT2D eigenvalue weighted by atomic mass is 10.0. The number of amidine groups is 1. The van der Waals surface area contributed by atoms with Crippen LogP contribution >= 0.6 is 0 Å². The third-order valence-electron chi connectivity index (χ3n) is 3.35. The van der Waals surface area contributed by atoms with Crippen LogP contribution in [-0.4, -0.2) is 37.8 Å². The van der Waals surface area contributed by atoms with Crippen molar-refractivity contribution in [2.75, 3.05) is 6.54 Å². The SMILES string of the molecule is CC1=NC(C)C(C)=C2CC(NS(N)(=O)=O)CN12. The Labute approximate surface area is 102 Å². The van der Waals surface area contributed by atoms with Crippen LogP contribution in [0, 0.1) is 0 Å². The van der Waals surface area contributed by atoms with Crippen LogP contribution in [0.25, 0.3) is 0 Å². The highest BCUT2D eigenvalue weighted by Gasteiger charge is 2.34. The molecule has 0 aromatic heterocycles. The number of hydrogen-bond donors (Lipinski definition) is 2. The molecule has 7 heteroatoms. The second-order valence-corrected chi connectivity index (χ2v) is 5.98. The van der Waals surface area contributed by atoms with Crippen LogP contribution in [0.5, 0.6) is 0 Å². The van der Waals surface area contributed by atoms with Crippen molar-refractivity contribution in [3.05, 3.63) is 11.3 Å². The fraction of sp³-hybridized carbons (Fsp3) is 0.700. The van der Waals surface area contributed by atoms with Crippen molar-refractivity contribution < 1.29 is 8.42 Å². The summed E-state index contributed by atoms with van der Waals surface area (Å²) in [6, 6.07) is 0.0138. The maximum absolute atomic E-state index is 11.0. The summed E-state index contributed by atoms with van der Waals surface area (Å²) in [6.45, 7) is 6.64. The van der Waals surface area contributed by atoms with Crippen molar-refractivity contribution in [1.29, 1.82) is 0 Å². The van der Waals surface area contributed by atoms with Crippen LogP contribution in [0.3, 0.4) is 0 Å². The van der Waals surface area contributed by atoms with Gasteiger partial charge in [-0.05, 0) is 26.3 Å². The average molecular weight is 258 g/mol. The van der Waals surface area contributed by atoms with Crippen LogP contribution in [0.4, 0.5) is 0 Å². The highest BCUT2D eigenvalue weighted by Crippen LogP contribution is 2.31. The van der Waals surface area contributed by atoms with E-state index in [-0.39, 0.29) is 12.1 Å². The highest BCUT2D eigenvalue weighted by molar-refractivity contribution is 7.87. The molecule has 0 spiro atoms. The van der Waals surface area contributed by atoms with Gasteiger partial charge in [0.1, 0.15) is 5.84 Å². The van der Waals surface area contributed by atoms with E-state index in [4.69, 9.17) is 5.14 Å². The lowest BCUT2D eigenvalue weighted by molar-refractivity contribution is 0.510. The number of nitrogens with zero attached hydrogens (tertiary/aromatic N) is 2. The fourth-order valence-electron chi connectivity index (χ4n) is 2.44. The van der Waals surface area contributed by atoms with Gasteiger partial charge in [0.25, 0.3) is 10.2 Å². The van der Waals surface area contributed by atoms with Gasteiger partial charge in [0.15, 0.2) is 0 Å². The van der Waals surface area contributed by atoms with E-state index in [9.17, 15) is 8.42 Å². The quantitative estimate of drug-likeness (QED) is 0.728. The lowest BCUT2D eigenvalue weighted by Crippen LogP contribution is -2.41. The van der Waals surface area contributed by atoms with Gasteiger partial charge in [0.05, 0.1) is 6.04 Å². The Kier molecular flexibility index (Phi) is 3.01. The lowest BCUT2D eigenvalue weighted by Gasteiger charge is -2.28. The molecule has 2 aliphatic heterocycles. The molecule has 2 aliphatic rings. The molecule has 2 heterocycles. The first kappa shape index (κ1) is 12.5. The van der Waals surface area contributed by atoms with Crippen LogP contribution in [-0.2, 0) is 10.2 Å². The summed E-state index contributed by atoms with van der Waals surface area (Å²) in [7, 11) is -3.64.